The van der Waals surface area contributed by atoms with Gasteiger partial charge in [0.05, 0.1) is 6.61 Å². The molecule has 0 aliphatic rings. The number of hydrogen-bond donors (Lipinski definition) is 0. The molecule has 0 aliphatic heterocycles. The van der Waals surface area contributed by atoms with Crippen LogP contribution in [-0.4, -0.2) is 11.6 Å². The molecule has 1 aromatic rings. The smallest absolute Gasteiger partial charge is 0.235 e. The summed E-state index contributed by atoms with van der Waals surface area (Å²) in [4.78, 5) is 3.44. The normalized spacial score (nSPS) is 9.73. The van der Waals surface area contributed by atoms with Crippen LogP contribution in [0.4, 0.5) is 4.39 Å². The number of rotatable bonds is 2. The average molecular weight is 176 g/mol. The van der Waals surface area contributed by atoms with Gasteiger partial charge >= 0.3 is 0 Å². The molecule has 0 radical (unpaired) electrons. The predicted molar refractivity (Wildman–Crippen MR) is 40.4 cm³/mol. The summed E-state index contributed by atoms with van der Waals surface area (Å²) in [7, 11) is 0. The van der Waals surface area contributed by atoms with Crippen LogP contribution in [0, 0.1) is 5.95 Å². The van der Waals surface area contributed by atoms with E-state index in [0.717, 1.165) is 0 Å². The van der Waals surface area contributed by atoms with E-state index in [2.05, 4.69) is 4.98 Å². The Morgan fingerprint density at radius 3 is 3.00 bits per heavy atom. The summed E-state index contributed by atoms with van der Waals surface area (Å²) in [5.41, 5.74) is 0. The summed E-state index contributed by atoms with van der Waals surface area (Å²) < 4.78 is 17.4. The van der Waals surface area contributed by atoms with Crippen molar-refractivity contribution in [3.8, 4) is 5.88 Å². The van der Waals surface area contributed by atoms with Crippen molar-refractivity contribution in [1.82, 2.24) is 4.98 Å². The van der Waals surface area contributed by atoms with Gasteiger partial charge in [0.15, 0.2) is 0 Å². The lowest BCUT2D eigenvalue weighted by molar-refractivity contribution is 0.321. The Kier molecular flexibility index (Phi) is 2.65. The van der Waals surface area contributed by atoms with Gasteiger partial charge < -0.3 is 4.74 Å². The van der Waals surface area contributed by atoms with E-state index in [9.17, 15) is 4.39 Å². The van der Waals surface area contributed by atoms with Crippen molar-refractivity contribution in [2.24, 2.45) is 0 Å². The van der Waals surface area contributed by atoms with Crippen molar-refractivity contribution in [1.29, 1.82) is 0 Å². The number of pyridine rings is 1. The Hall–Kier alpha value is -0.830. The van der Waals surface area contributed by atoms with Gasteiger partial charge in [0, 0.05) is 0 Å². The predicted octanol–water partition coefficient (Wildman–Crippen LogP) is 2.27. The Morgan fingerprint density at radius 1 is 1.64 bits per heavy atom. The average Bonchev–Trinajstić information content (AvgIpc) is 1.98. The van der Waals surface area contributed by atoms with Gasteiger partial charge in [-0.2, -0.15) is 9.37 Å². The van der Waals surface area contributed by atoms with Gasteiger partial charge in [-0.25, -0.2) is 0 Å². The zero-order chi connectivity index (χ0) is 8.27. The van der Waals surface area contributed by atoms with E-state index in [0.29, 0.717) is 11.6 Å². The summed E-state index contributed by atoms with van der Waals surface area (Å²) in [5.74, 6) is -0.438. The van der Waals surface area contributed by atoms with Gasteiger partial charge in [0.1, 0.15) is 5.02 Å². The second kappa shape index (κ2) is 3.53. The molecule has 0 atom stereocenters. The molecule has 0 amide bonds. The maximum atomic E-state index is 12.4. The van der Waals surface area contributed by atoms with Crippen molar-refractivity contribution >= 4 is 11.6 Å². The Morgan fingerprint density at radius 2 is 2.36 bits per heavy atom. The molecule has 11 heavy (non-hydrogen) atoms. The largest absolute Gasteiger partial charge is 0.477 e. The topological polar surface area (TPSA) is 22.1 Å². The molecule has 0 unspecified atom stereocenters. The standard InChI is InChI=1S/C7H7ClFNO/c1-2-11-7-5(8)3-4-6(9)10-7/h3-4H,2H2,1H3. The van der Waals surface area contributed by atoms with E-state index in [1.807, 2.05) is 0 Å². The highest BCUT2D eigenvalue weighted by atomic mass is 35.5. The zero-order valence-corrected chi connectivity index (χ0v) is 6.73. The van der Waals surface area contributed by atoms with Crippen LogP contribution in [0.3, 0.4) is 0 Å². The summed E-state index contributed by atoms with van der Waals surface area (Å²) in [6, 6.07) is 2.60. The second-order valence-electron chi connectivity index (χ2n) is 1.85. The number of ether oxygens (including phenoxy) is 1. The van der Waals surface area contributed by atoms with Crippen molar-refractivity contribution in [3.63, 3.8) is 0 Å². The first kappa shape index (κ1) is 8.27. The molecule has 1 rings (SSSR count). The van der Waals surface area contributed by atoms with Crippen LogP contribution in [0.1, 0.15) is 6.92 Å². The third-order valence-corrected chi connectivity index (χ3v) is 1.35. The lowest BCUT2D eigenvalue weighted by Gasteiger charge is -2.02. The number of nitrogens with zero attached hydrogens (tertiary/aromatic N) is 1. The molecular weight excluding hydrogens is 169 g/mol. The fraction of sp³-hybridized carbons (Fsp3) is 0.286. The quantitative estimate of drug-likeness (QED) is 0.644. The Balaban J connectivity index is 2.93. The fourth-order valence-electron chi connectivity index (χ4n) is 0.639. The highest BCUT2D eigenvalue weighted by Crippen LogP contribution is 2.20. The Labute approximate surface area is 69.0 Å². The molecule has 0 bridgehead atoms. The van der Waals surface area contributed by atoms with Crippen LogP contribution in [0.5, 0.6) is 5.88 Å². The fourth-order valence-corrected chi connectivity index (χ4v) is 0.799. The third kappa shape index (κ3) is 2.05. The van der Waals surface area contributed by atoms with Crippen LogP contribution in [0.15, 0.2) is 12.1 Å². The van der Waals surface area contributed by atoms with E-state index >= 15 is 0 Å². The minimum absolute atomic E-state index is 0.147. The summed E-state index contributed by atoms with van der Waals surface area (Å²) in [6.45, 7) is 2.21. The van der Waals surface area contributed by atoms with Gasteiger partial charge in [-0.15, -0.1) is 0 Å². The van der Waals surface area contributed by atoms with Gasteiger partial charge in [-0.05, 0) is 19.1 Å². The number of aromatic nitrogens is 1. The van der Waals surface area contributed by atoms with Crippen molar-refractivity contribution in [2.45, 2.75) is 6.92 Å². The third-order valence-electron chi connectivity index (χ3n) is 1.06. The molecule has 1 heterocycles. The molecule has 2 nitrogen and oxygen atoms in total. The van der Waals surface area contributed by atoms with Gasteiger partial charge in [-0.1, -0.05) is 11.6 Å². The zero-order valence-electron chi connectivity index (χ0n) is 5.97. The number of hydrogen-bond acceptors (Lipinski definition) is 2. The lowest BCUT2D eigenvalue weighted by atomic mass is 10.5. The first-order valence-electron chi connectivity index (χ1n) is 3.19. The second-order valence-corrected chi connectivity index (χ2v) is 2.26. The highest BCUT2D eigenvalue weighted by Gasteiger charge is 2.02. The molecule has 0 saturated heterocycles. The van der Waals surface area contributed by atoms with Gasteiger partial charge in [0.25, 0.3) is 0 Å². The summed E-state index contributed by atoms with van der Waals surface area (Å²) in [5, 5.41) is 0.327. The Bertz CT molecular complexity index is 254. The first-order valence-corrected chi connectivity index (χ1v) is 3.56. The minimum atomic E-state index is -0.585. The maximum Gasteiger partial charge on any atom is 0.235 e. The molecule has 0 aliphatic carbocycles. The van der Waals surface area contributed by atoms with Crippen molar-refractivity contribution < 1.29 is 9.13 Å². The highest BCUT2D eigenvalue weighted by molar-refractivity contribution is 6.31. The minimum Gasteiger partial charge on any atom is -0.477 e. The van der Waals surface area contributed by atoms with Crippen molar-refractivity contribution in [2.75, 3.05) is 6.61 Å². The van der Waals surface area contributed by atoms with E-state index in [-0.39, 0.29) is 5.88 Å². The summed E-state index contributed by atoms with van der Waals surface area (Å²) >= 11 is 5.62. The molecule has 0 spiro atoms. The molecule has 0 N–H and O–H groups in total. The van der Waals surface area contributed by atoms with E-state index in [4.69, 9.17) is 16.3 Å². The SMILES string of the molecule is CCOc1nc(F)ccc1Cl. The first-order chi connectivity index (χ1) is 5.24. The van der Waals surface area contributed by atoms with Crippen LogP contribution in [0.2, 0.25) is 5.02 Å². The molecule has 0 saturated carbocycles. The van der Waals surface area contributed by atoms with Gasteiger partial charge in [0.2, 0.25) is 11.8 Å². The lowest BCUT2D eigenvalue weighted by Crippen LogP contribution is -1.96. The summed E-state index contributed by atoms with van der Waals surface area (Å²) in [6.07, 6.45) is 0. The number of halogens is 2. The van der Waals surface area contributed by atoms with Crippen LogP contribution in [-0.2, 0) is 0 Å². The van der Waals surface area contributed by atoms with Crippen LogP contribution >= 0.6 is 11.6 Å². The van der Waals surface area contributed by atoms with Crippen LogP contribution in [0.25, 0.3) is 0 Å². The molecule has 60 valence electrons. The van der Waals surface area contributed by atoms with Crippen LogP contribution < -0.4 is 4.74 Å². The van der Waals surface area contributed by atoms with Gasteiger partial charge in [-0.3, -0.25) is 0 Å². The maximum absolute atomic E-state index is 12.4. The molecule has 0 aromatic carbocycles. The molecule has 4 heteroatoms. The monoisotopic (exact) mass is 175 g/mol. The molecular formula is C7H7ClFNO. The van der Waals surface area contributed by atoms with E-state index < -0.39 is 5.95 Å². The van der Waals surface area contributed by atoms with Crippen molar-refractivity contribution in [3.05, 3.63) is 23.1 Å². The molecule has 0 fully saturated rings. The van der Waals surface area contributed by atoms with E-state index in [1.54, 1.807) is 6.92 Å². The molecule has 1 aromatic heterocycles. The van der Waals surface area contributed by atoms with E-state index in [1.165, 1.54) is 12.1 Å².